The molecule has 1 aliphatic carbocycles. The van der Waals surface area contributed by atoms with E-state index in [4.69, 9.17) is 4.42 Å². The number of esters is 1. The predicted octanol–water partition coefficient (Wildman–Crippen LogP) is 4.28. The number of nitrogens with zero attached hydrogens (tertiary/aromatic N) is 2. The van der Waals surface area contributed by atoms with Gasteiger partial charge in [0.1, 0.15) is 17.2 Å². The van der Waals surface area contributed by atoms with Gasteiger partial charge >= 0.3 is 5.97 Å². The van der Waals surface area contributed by atoms with Crippen LogP contribution in [0.5, 0.6) is 0 Å². The van der Waals surface area contributed by atoms with E-state index in [-0.39, 0.29) is 34.6 Å². The number of furan rings is 1. The second kappa shape index (κ2) is 10.4. The first-order chi connectivity index (χ1) is 16.0. The Morgan fingerprint density at radius 3 is 2.44 bits per heavy atom. The van der Waals surface area contributed by atoms with E-state index >= 15 is 0 Å². The number of hydrogen-bond acceptors (Lipinski definition) is 8. The minimum atomic E-state index is -3.44. The van der Waals surface area contributed by atoms with Crippen LogP contribution in [-0.2, 0) is 20.3 Å². The van der Waals surface area contributed by atoms with Crippen LogP contribution in [0.1, 0.15) is 72.6 Å². The third-order valence-electron chi connectivity index (χ3n) is 5.95. The molecule has 0 spiro atoms. The van der Waals surface area contributed by atoms with Crippen LogP contribution in [0.4, 0.5) is 11.4 Å². The minimum Gasteiger partial charge on any atom is -0.465 e. The molecule has 0 N–H and O–H groups in total. The average Bonchev–Trinajstić information content (AvgIpc) is 3.27. The fraction of sp³-hybridized carbons (Fsp3) is 0.478. The van der Waals surface area contributed by atoms with Gasteiger partial charge in [-0.25, -0.2) is 13.2 Å². The topological polar surface area (TPSA) is 137 Å². The Kier molecular flexibility index (Phi) is 7.75. The quantitative estimate of drug-likeness (QED) is 0.302. The van der Waals surface area contributed by atoms with Crippen molar-refractivity contribution in [1.82, 2.24) is 0 Å². The normalized spacial score (nSPS) is 14.7. The van der Waals surface area contributed by atoms with Crippen molar-refractivity contribution in [2.45, 2.75) is 63.0 Å². The summed E-state index contributed by atoms with van der Waals surface area (Å²) in [4.78, 5) is 38.1. The molecule has 0 aliphatic heterocycles. The molecule has 0 unspecified atom stereocenters. The lowest BCUT2D eigenvalue weighted by atomic mass is 9.93. The molecule has 11 heteroatoms. The molecule has 0 atom stereocenters. The van der Waals surface area contributed by atoms with Crippen molar-refractivity contribution in [3.8, 4) is 0 Å². The Hall–Kier alpha value is -3.21. The van der Waals surface area contributed by atoms with Crippen LogP contribution in [0.3, 0.4) is 0 Å². The Bertz CT molecular complexity index is 1180. The van der Waals surface area contributed by atoms with Gasteiger partial charge in [-0.05, 0) is 51.0 Å². The summed E-state index contributed by atoms with van der Waals surface area (Å²) in [7, 11) is -2.27. The van der Waals surface area contributed by atoms with Crippen LogP contribution < -0.4 is 4.90 Å². The molecule has 10 nitrogen and oxygen atoms in total. The molecule has 2 aromatic rings. The summed E-state index contributed by atoms with van der Waals surface area (Å²) in [5.74, 6) is -1.67. The predicted molar refractivity (Wildman–Crippen MR) is 125 cm³/mol. The van der Waals surface area contributed by atoms with Gasteiger partial charge in [0.15, 0.2) is 15.6 Å². The number of rotatable bonds is 8. The zero-order valence-electron chi connectivity index (χ0n) is 19.4. The van der Waals surface area contributed by atoms with E-state index < -0.39 is 37.6 Å². The molecular formula is C23H28N2O8S. The number of nitro benzene ring substituents is 1. The number of carbonyl (C=O) groups is 2. The SMILES string of the molecule is COC(=O)c1ccc(N(C(=O)c2ccc(CS(=O)(=O)C(C)C)o2)C2CCCCC2)c([N+](=O)[O-])c1. The largest absolute Gasteiger partial charge is 0.465 e. The van der Waals surface area contributed by atoms with Crippen LogP contribution in [-0.4, -0.2) is 43.6 Å². The lowest BCUT2D eigenvalue weighted by molar-refractivity contribution is -0.384. The molecule has 1 aromatic carbocycles. The van der Waals surface area contributed by atoms with E-state index in [2.05, 4.69) is 4.74 Å². The highest BCUT2D eigenvalue weighted by Crippen LogP contribution is 2.36. The molecule has 1 amide bonds. The van der Waals surface area contributed by atoms with Gasteiger partial charge in [-0.15, -0.1) is 0 Å². The first kappa shape index (κ1) is 25.4. The van der Waals surface area contributed by atoms with Gasteiger partial charge in [-0.1, -0.05) is 19.3 Å². The smallest absolute Gasteiger partial charge is 0.338 e. The Morgan fingerprint density at radius 1 is 1.18 bits per heavy atom. The standard InChI is InChI=1S/C23H28N2O8S/c1-15(2)34(30,31)14-18-10-12-21(33-18)22(26)24(17-7-5-4-6-8-17)19-11-9-16(23(27)32-3)13-20(19)25(28)29/h9-13,15,17H,4-8,14H2,1-3H3. The number of amides is 1. The number of methoxy groups -OCH3 is 1. The van der Waals surface area contributed by atoms with E-state index in [1.165, 1.54) is 36.3 Å². The molecule has 1 fully saturated rings. The van der Waals surface area contributed by atoms with Crippen molar-refractivity contribution < 1.29 is 32.1 Å². The number of ether oxygens (including phenoxy) is 1. The molecule has 34 heavy (non-hydrogen) atoms. The summed E-state index contributed by atoms with van der Waals surface area (Å²) >= 11 is 0. The summed E-state index contributed by atoms with van der Waals surface area (Å²) in [5, 5.41) is 11.3. The molecule has 0 saturated heterocycles. The van der Waals surface area contributed by atoms with Crippen molar-refractivity contribution >= 4 is 33.1 Å². The van der Waals surface area contributed by atoms with E-state index in [9.17, 15) is 28.1 Å². The molecule has 1 saturated carbocycles. The molecule has 1 aliphatic rings. The van der Waals surface area contributed by atoms with E-state index in [1.54, 1.807) is 13.8 Å². The maximum atomic E-state index is 13.6. The lowest BCUT2D eigenvalue weighted by Gasteiger charge is -2.33. The van der Waals surface area contributed by atoms with E-state index in [1.807, 2.05) is 0 Å². The molecule has 0 bridgehead atoms. The summed E-state index contributed by atoms with van der Waals surface area (Å²) in [6.45, 7) is 3.12. The van der Waals surface area contributed by atoms with Gasteiger partial charge in [0.05, 0.1) is 22.8 Å². The number of hydrogen-bond donors (Lipinski definition) is 0. The summed E-state index contributed by atoms with van der Waals surface area (Å²) in [6, 6.07) is 6.34. The van der Waals surface area contributed by atoms with Gasteiger partial charge in [-0.2, -0.15) is 0 Å². The Morgan fingerprint density at radius 2 is 1.85 bits per heavy atom. The molecule has 3 rings (SSSR count). The third-order valence-corrected chi connectivity index (χ3v) is 8.07. The van der Waals surface area contributed by atoms with Gasteiger partial charge in [-0.3, -0.25) is 19.8 Å². The van der Waals surface area contributed by atoms with Crippen LogP contribution in [0.25, 0.3) is 0 Å². The first-order valence-electron chi connectivity index (χ1n) is 11.1. The van der Waals surface area contributed by atoms with Crippen LogP contribution in [0.2, 0.25) is 0 Å². The Labute approximate surface area is 197 Å². The molecule has 0 radical (unpaired) electrons. The van der Waals surface area contributed by atoms with Gasteiger partial charge in [0.25, 0.3) is 11.6 Å². The number of carbonyl (C=O) groups excluding carboxylic acids is 2. The highest BCUT2D eigenvalue weighted by atomic mass is 32.2. The number of benzene rings is 1. The van der Waals surface area contributed by atoms with Crippen LogP contribution >= 0.6 is 0 Å². The van der Waals surface area contributed by atoms with Gasteiger partial charge in [0.2, 0.25) is 0 Å². The van der Waals surface area contributed by atoms with E-state index in [0.717, 1.165) is 25.3 Å². The molecule has 1 aromatic heterocycles. The zero-order valence-corrected chi connectivity index (χ0v) is 20.2. The summed E-state index contributed by atoms with van der Waals surface area (Å²) in [6.07, 6.45) is 4.02. The minimum absolute atomic E-state index is 0.00632. The first-order valence-corrected chi connectivity index (χ1v) is 12.8. The van der Waals surface area contributed by atoms with Crippen molar-refractivity contribution in [3.05, 3.63) is 57.5 Å². The molecular weight excluding hydrogens is 464 g/mol. The maximum absolute atomic E-state index is 13.6. The number of nitro groups is 1. The fourth-order valence-corrected chi connectivity index (χ4v) is 4.87. The van der Waals surface area contributed by atoms with Gasteiger partial charge in [0, 0.05) is 12.1 Å². The third kappa shape index (κ3) is 5.46. The maximum Gasteiger partial charge on any atom is 0.338 e. The lowest BCUT2D eigenvalue weighted by Crippen LogP contribution is -2.42. The number of anilines is 1. The number of sulfone groups is 1. The fourth-order valence-electron chi connectivity index (χ4n) is 3.98. The monoisotopic (exact) mass is 492 g/mol. The zero-order chi connectivity index (χ0) is 25.0. The van der Waals surface area contributed by atoms with Crippen molar-refractivity contribution in [1.29, 1.82) is 0 Å². The Balaban J connectivity index is 2.04. The van der Waals surface area contributed by atoms with Crippen LogP contribution in [0.15, 0.2) is 34.7 Å². The average molecular weight is 493 g/mol. The van der Waals surface area contributed by atoms with Crippen molar-refractivity contribution in [3.63, 3.8) is 0 Å². The van der Waals surface area contributed by atoms with Gasteiger partial charge < -0.3 is 9.15 Å². The molecule has 1 heterocycles. The molecule has 184 valence electrons. The second-order valence-corrected chi connectivity index (χ2v) is 11.1. The summed E-state index contributed by atoms with van der Waals surface area (Å²) in [5.41, 5.74) is -0.369. The van der Waals surface area contributed by atoms with Crippen molar-refractivity contribution in [2.75, 3.05) is 12.0 Å². The van der Waals surface area contributed by atoms with Crippen LogP contribution in [0, 0.1) is 10.1 Å². The second-order valence-electron chi connectivity index (χ2n) is 8.54. The highest BCUT2D eigenvalue weighted by Gasteiger charge is 2.34. The highest BCUT2D eigenvalue weighted by molar-refractivity contribution is 7.91. The van der Waals surface area contributed by atoms with E-state index in [0.29, 0.717) is 12.8 Å². The van der Waals surface area contributed by atoms with Crippen molar-refractivity contribution in [2.24, 2.45) is 0 Å². The summed E-state index contributed by atoms with van der Waals surface area (Å²) < 4.78 is 34.7.